The molecule has 1 saturated carbocycles. The van der Waals surface area contributed by atoms with Crippen LogP contribution in [0.15, 0.2) is 53.0 Å². The maximum atomic E-state index is 12.5. The number of carbonyl (C=O) groups excluding carboxylic acids is 1. The molecule has 1 aliphatic carbocycles. The highest BCUT2D eigenvalue weighted by molar-refractivity contribution is 9.10. The Kier molecular flexibility index (Phi) is 4.11. The summed E-state index contributed by atoms with van der Waals surface area (Å²) >= 11 is 3.45. The fraction of sp³-hybridized carbons (Fsp3) is 0.278. The molecule has 0 radical (unpaired) electrons. The van der Waals surface area contributed by atoms with Crippen LogP contribution in [-0.2, 0) is 11.2 Å². The van der Waals surface area contributed by atoms with Crippen LogP contribution >= 0.6 is 15.9 Å². The first kappa shape index (κ1) is 14.3. The second kappa shape index (κ2) is 6.02. The number of ether oxygens (including phenoxy) is 1. The number of carbonyl (C=O) groups is 1. The quantitative estimate of drug-likeness (QED) is 0.804. The van der Waals surface area contributed by atoms with Gasteiger partial charge in [-0.1, -0.05) is 46.3 Å². The van der Waals surface area contributed by atoms with E-state index in [1.165, 1.54) is 5.56 Å². The van der Waals surface area contributed by atoms with Gasteiger partial charge in [-0.05, 0) is 36.1 Å². The third-order valence-corrected chi connectivity index (χ3v) is 4.53. The molecule has 0 saturated heterocycles. The number of halogens is 1. The Hall–Kier alpha value is -1.61. The van der Waals surface area contributed by atoms with E-state index in [0.717, 1.165) is 22.2 Å². The molecule has 0 heterocycles. The van der Waals surface area contributed by atoms with Crippen molar-refractivity contribution in [2.24, 2.45) is 5.92 Å². The van der Waals surface area contributed by atoms with Crippen LogP contribution in [0.25, 0.3) is 0 Å². The maximum absolute atomic E-state index is 12.5. The summed E-state index contributed by atoms with van der Waals surface area (Å²) in [7, 11) is 1.64. The number of benzene rings is 2. The normalized spacial score (nSPS) is 20.1. The predicted molar refractivity (Wildman–Crippen MR) is 86.7 cm³/mol. The summed E-state index contributed by atoms with van der Waals surface area (Å²) in [5.41, 5.74) is 2.23. The number of rotatable bonds is 5. The highest BCUT2D eigenvalue weighted by Gasteiger charge is 2.43. The van der Waals surface area contributed by atoms with Crippen LogP contribution in [0.5, 0.6) is 5.75 Å². The van der Waals surface area contributed by atoms with Crippen molar-refractivity contribution in [3.63, 3.8) is 0 Å². The van der Waals surface area contributed by atoms with E-state index in [9.17, 15) is 4.79 Å². The fourth-order valence-corrected chi connectivity index (χ4v) is 3.23. The van der Waals surface area contributed by atoms with Gasteiger partial charge in [-0.2, -0.15) is 0 Å². The number of hydrogen-bond acceptors (Lipinski definition) is 2. The first-order valence-corrected chi connectivity index (χ1v) is 7.88. The Balaban J connectivity index is 1.70. The van der Waals surface area contributed by atoms with Gasteiger partial charge in [-0.15, -0.1) is 0 Å². The van der Waals surface area contributed by atoms with E-state index in [-0.39, 0.29) is 5.92 Å². The van der Waals surface area contributed by atoms with Crippen molar-refractivity contribution >= 4 is 21.7 Å². The molecule has 0 spiro atoms. The lowest BCUT2D eigenvalue weighted by Crippen LogP contribution is -2.07. The molecule has 0 bridgehead atoms. The van der Waals surface area contributed by atoms with Crippen molar-refractivity contribution in [2.75, 3.05) is 7.11 Å². The number of ketones is 1. The van der Waals surface area contributed by atoms with E-state index in [1.807, 2.05) is 36.4 Å². The summed E-state index contributed by atoms with van der Waals surface area (Å²) in [6.07, 6.45) is 1.41. The van der Waals surface area contributed by atoms with Crippen LogP contribution in [0, 0.1) is 5.92 Å². The highest BCUT2D eigenvalue weighted by Crippen LogP contribution is 2.48. The first-order valence-electron chi connectivity index (χ1n) is 7.09. The predicted octanol–water partition coefficient (Wildman–Crippen LogP) is 4.37. The third kappa shape index (κ3) is 3.18. The van der Waals surface area contributed by atoms with Gasteiger partial charge in [-0.3, -0.25) is 4.79 Å². The molecule has 3 rings (SSSR count). The second-order valence-corrected chi connectivity index (χ2v) is 6.37. The molecule has 108 valence electrons. The maximum Gasteiger partial charge on any atom is 0.141 e. The molecule has 1 fully saturated rings. The minimum atomic E-state index is 0.163. The smallest absolute Gasteiger partial charge is 0.141 e. The molecule has 1 aliphatic rings. The van der Waals surface area contributed by atoms with Crippen molar-refractivity contribution in [3.05, 3.63) is 64.1 Å². The van der Waals surface area contributed by atoms with Crippen molar-refractivity contribution in [1.29, 1.82) is 0 Å². The third-order valence-electron chi connectivity index (χ3n) is 4.04. The van der Waals surface area contributed by atoms with Crippen molar-refractivity contribution in [2.45, 2.75) is 18.8 Å². The standard InChI is InChI=1S/C18H17BrO2/c1-21-18-8-7-14(19)9-13(18)10-17(20)16-11-15(16)12-5-3-2-4-6-12/h2-9,15-16H,10-11H2,1H3. The van der Waals surface area contributed by atoms with Gasteiger partial charge in [0.2, 0.25) is 0 Å². The SMILES string of the molecule is COc1ccc(Br)cc1CC(=O)C1CC1c1ccccc1. The van der Waals surface area contributed by atoms with Gasteiger partial charge < -0.3 is 4.74 Å². The van der Waals surface area contributed by atoms with Gasteiger partial charge in [-0.25, -0.2) is 0 Å². The lowest BCUT2D eigenvalue weighted by Gasteiger charge is -2.08. The van der Waals surface area contributed by atoms with Crippen LogP contribution in [0.3, 0.4) is 0 Å². The Labute approximate surface area is 133 Å². The molecule has 2 unspecified atom stereocenters. The second-order valence-electron chi connectivity index (χ2n) is 5.46. The van der Waals surface area contributed by atoms with Gasteiger partial charge in [0, 0.05) is 22.4 Å². The zero-order chi connectivity index (χ0) is 14.8. The molecule has 3 heteroatoms. The molecule has 2 aromatic rings. The Morgan fingerprint density at radius 3 is 2.71 bits per heavy atom. The molecule has 2 nitrogen and oxygen atoms in total. The fourth-order valence-electron chi connectivity index (χ4n) is 2.82. The number of hydrogen-bond donors (Lipinski definition) is 0. The molecule has 0 N–H and O–H groups in total. The largest absolute Gasteiger partial charge is 0.496 e. The van der Waals surface area contributed by atoms with Crippen LogP contribution in [0.1, 0.15) is 23.5 Å². The van der Waals surface area contributed by atoms with Crippen molar-refractivity contribution in [1.82, 2.24) is 0 Å². The van der Waals surface area contributed by atoms with E-state index in [4.69, 9.17) is 4.74 Å². The van der Waals surface area contributed by atoms with Gasteiger partial charge in [0.25, 0.3) is 0 Å². The average Bonchev–Trinajstić information content (AvgIpc) is 3.29. The minimum absolute atomic E-state index is 0.163. The van der Waals surface area contributed by atoms with Crippen LogP contribution in [0.2, 0.25) is 0 Å². The summed E-state index contributed by atoms with van der Waals surface area (Å²) in [6, 6.07) is 16.1. The molecular formula is C18H17BrO2. The van der Waals surface area contributed by atoms with E-state index in [2.05, 4.69) is 28.1 Å². The van der Waals surface area contributed by atoms with Crippen LogP contribution < -0.4 is 4.74 Å². The zero-order valence-electron chi connectivity index (χ0n) is 11.9. The van der Waals surface area contributed by atoms with Gasteiger partial charge in [0.1, 0.15) is 11.5 Å². The molecular weight excluding hydrogens is 328 g/mol. The van der Waals surface area contributed by atoms with E-state index in [1.54, 1.807) is 7.11 Å². The molecule has 0 aliphatic heterocycles. The molecule has 2 aromatic carbocycles. The van der Waals surface area contributed by atoms with E-state index < -0.39 is 0 Å². The first-order chi connectivity index (χ1) is 10.2. The van der Waals surface area contributed by atoms with Crippen LogP contribution in [-0.4, -0.2) is 12.9 Å². The Bertz CT molecular complexity index is 652. The number of Topliss-reactive ketones (excluding diaryl/α,β-unsaturated/α-hetero) is 1. The monoisotopic (exact) mass is 344 g/mol. The van der Waals surface area contributed by atoms with E-state index >= 15 is 0 Å². The molecule has 21 heavy (non-hydrogen) atoms. The highest BCUT2D eigenvalue weighted by atomic mass is 79.9. The summed E-state index contributed by atoms with van der Waals surface area (Å²) in [6.45, 7) is 0. The number of methoxy groups -OCH3 is 1. The minimum Gasteiger partial charge on any atom is -0.496 e. The van der Waals surface area contributed by atoms with Gasteiger partial charge >= 0.3 is 0 Å². The summed E-state index contributed by atoms with van der Waals surface area (Å²) in [4.78, 5) is 12.5. The Morgan fingerprint density at radius 1 is 1.24 bits per heavy atom. The summed E-state index contributed by atoms with van der Waals surface area (Å²) in [5, 5.41) is 0. The topological polar surface area (TPSA) is 26.3 Å². The zero-order valence-corrected chi connectivity index (χ0v) is 13.5. The molecule has 0 amide bonds. The Morgan fingerprint density at radius 2 is 2.00 bits per heavy atom. The average molecular weight is 345 g/mol. The lowest BCUT2D eigenvalue weighted by atomic mass is 10.0. The van der Waals surface area contributed by atoms with Gasteiger partial charge in [0.15, 0.2) is 0 Å². The van der Waals surface area contributed by atoms with Crippen molar-refractivity contribution < 1.29 is 9.53 Å². The van der Waals surface area contributed by atoms with E-state index in [0.29, 0.717) is 18.1 Å². The summed E-state index contributed by atoms with van der Waals surface area (Å²) in [5.74, 6) is 1.65. The molecule has 0 aromatic heterocycles. The summed E-state index contributed by atoms with van der Waals surface area (Å²) < 4.78 is 6.31. The van der Waals surface area contributed by atoms with Crippen molar-refractivity contribution in [3.8, 4) is 5.75 Å². The molecule has 2 atom stereocenters. The van der Waals surface area contributed by atoms with Crippen LogP contribution in [0.4, 0.5) is 0 Å². The van der Waals surface area contributed by atoms with Gasteiger partial charge in [0.05, 0.1) is 7.11 Å². The lowest BCUT2D eigenvalue weighted by molar-refractivity contribution is -0.119.